The second-order valence-corrected chi connectivity index (χ2v) is 3.16. The van der Waals surface area contributed by atoms with Crippen LogP contribution in [0.1, 0.15) is 17.3 Å². The van der Waals surface area contributed by atoms with E-state index < -0.39 is 5.97 Å². The van der Waals surface area contributed by atoms with Gasteiger partial charge in [-0.15, -0.1) is 0 Å². The molecule has 1 aromatic carbocycles. The summed E-state index contributed by atoms with van der Waals surface area (Å²) in [6.07, 6.45) is 0. The number of carboxylic acids is 1. The van der Waals surface area contributed by atoms with Gasteiger partial charge in [0.2, 0.25) is 0 Å². The summed E-state index contributed by atoms with van der Waals surface area (Å²) in [7, 11) is 0. The summed E-state index contributed by atoms with van der Waals surface area (Å²) < 4.78 is 0. The third-order valence-electron chi connectivity index (χ3n) is 2.23. The lowest BCUT2D eigenvalue weighted by Crippen LogP contribution is -2.26. The number of rotatable bonds is 5. The molecule has 4 nitrogen and oxygen atoms in total. The van der Waals surface area contributed by atoms with Crippen molar-refractivity contribution < 1.29 is 15.0 Å². The molecule has 0 aliphatic heterocycles. The maximum absolute atomic E-state index is 10.6. The van der Waals surface area contributed by atoms with E-state index in [1.165, 1.54) is 0 Å². The van der Waals surface area contributed by atoms with Crippen LogP contribution in [0.25, 0.3) is 0 Å². The zero-order valence-corrected chi connectivity index (χ0v) is 8.68. The topological polar surface area (TPSA) is 60.8 Å². The molecule has 0 aliphatic rings. The lowest BCUT2D eigenvalue weighted by molar-refractivity contribution is 0.0697. The fourth-order valence-corrected chi connectivity index (χ4v) is 1.41. The third-order valence-corrected chi connectivity index (χ3v) is 2.23. The molecule has 0 aliphatic carbocycles. The molecule has 82 valence electrons. The van der Waals surface area contributed by atoms with Crippen molar-refractivity contribution in [2.45, 2.75) is 6.92 Å². The Balaban J connectivity index is 2.81. The largest absolute Gasteiger partial charge is 0.478 e. The van der Waals surface area contributed by atoms with Gasteiger partial charge in [-0.1, -0.05) is 0 Å². The van der Waals surface area contributed by atoms with Crippen LogP contribution in [0, 0.1) is 0 Å². The van der Waals surface area contributed by atoms with E-state index in [9.17, 15) is 4.79 Å². The van der Waals surface area contributed by atoms with Crippen LogP contribution >= 0.6 is 0 Å². The van der Waals surface area contributed by atoms with Crippen molar-refractivity contribution in [1.82, 2.24) is 0 Å². The van der Waals surface area contributed by atoms with E-state index in [0.717, 1.165) is 12.2 Å². The number of aromatic carboxylic acids is 1. The molecule has 0 fully saturated rings. The smallest absolute Gasteiger partial charge is 0.335 e. The number of benzene rings is 1. The van der Waals surface area contributed by atoms with Gasteiger partial charge in [-0.3, -0.25) is 0 Å². The average molecular weight is 209 g/mol. The van der Waals surface area contributed by atoms with E-state index >= 15 is 0 Å². The molecule has 0 unspecified atom stereocenters. The molecule has 0 saturated heterocycles. The van der Waals surface area contributed by atoms with Crippen molar-refractivity contribution in [3.05, 3.63) is 29.8 Å². The van der Waals surface area contributed by atoms with Gasteiger partial charge in [0, 0.05) is 18.8 Å². The first-order valence-corrected chi connectivity index (χ1v) is 4.88. The van der Waals surface area contributed by atoms with E-state index in [0.29, 0.717) is 6.54 Å². The lowest BCUT2D eigenvalue weighted by Gasteiger charge is -2.21. The van der Waals surface area contributed by atoms with E-state index in [-0.39, 0.29) is 12.2 Å². The van der Waals surface area contributed by atoms with Crippen molar-refractivity contribution in [3.8, 4) is 0 Å². The van der Waals surface area contributed by atoms with Crippen LogP contribution in [0.3, 0.4) is 0 Å². The molecular formula is C11H15NO3. The summed E-state index contributed by atoms with van der Waals surface area (Å²) in [5.41, 5.74) is 1.20. The zero-order valence-electron chi connectivity index (χ0n) is 8.68. The minimum atomic E-state index is -0.924. The first-order valence-electron chi connectivity index (χ1n) is 4.88. The summed E-state index contributed by atoms with van der Waals surface area (Å²) in [5.74, 6) is -0.924. The fraction of sp³-hybridized carbons (Fsp3) is 0.364. The minimum absolute atomic E-state index is 0.0918. The summed E-state index contributed by atoms with van der Waals surface area (Å²) >= 11 is 0. The first-order chi connectivity index (χ1) is 7.19. The van der Waals surface area contributed by atoms with E-state index in [1.807, 2.05) is 11.8 Å². The Kier molecular flexibility index (Phi) is 4.12. The lowest BCUT2D eigenvalue weighted by atomic mass is 10.2. The van der Waals surface area contributed by atoms with Crippen molar-refractivity contribution in [2.24, 2.45) is 0 Å². The molecule has 0 bridgehead atoms. The highest BCUT2D eigenvalue weighted by atomic mass is 16.4. The van der Waals surface area contributed by atoms with Gasteiger partial charge in [0.1, 0.15) is 0 Å². The Morgan fingerprint density at radius 1 is 1.33 bits per heavy atom. The Bertz CT molecular complexity index is 321. The van der Waals surface area contributed by atoms with Crippen LogP contribution in [-0.4, -0.2) is 35.9 Å². The van der Waals surface area contributed by atoms with Gasteiger partial charge in [0.15, 0.2) is 0 Å². The number of aliphatic hydroxyl groups is 1. The van der Waals surface area contributed by atoms with Crippen LogP contribution in [-0.2, 0) is 0 Å². The summed E-state index contributed by atoms with van der Waals surface area (Å²) in [6, 6.07) is 6.64. The Morgan fingerprint density at radius 2 is 1.93 bits per heavy atom. The number of hydrogen-bond acceptors (Lipinski definition) is 3. The quantitative estimate of drug-likeness (QED) is 0.765. The third kappa shape index (κ3) is 2.95. The van der Waals surface area contributed by atoms with Gasteiger partial charge in [0.25, 0.3) is 0 Å². The molecule has 0 heterocycles. The van der Waals surface area contributed by atoms with Gasteiger partial charge in [0.05, 0.1) is 12.2 Å². The number of carboxylic acid groups (broad SMARTS) is 1. The molecule has 15 heavy (non-hydrogen) atoms. The monoisotopic (exact) mass is 209 g/mol. The molecule has 2 N–H and O–H groups in total. The van der Waals surface area contributed by atoms with E-state index in [2.05, 4.69) is 0 Å². The van der Waals surface area contributed by atoms with Gasteiger partial charge >= 0.3 is 5.97 Å². The zero-order chi connectivity index (χ0) is 11.3. The number of carbonyl (C=O) groups is 1. The van der Waals surface area contributed by atoms with Crippen LogP contribution in [0.5, 0.6) is 0 Å². The normalized spacial score (nSPS) is 10.0. The standard InChI is InChI=1S/C11H15NO3/c1-2-12(7-8-13)10-5-3-9(4-6-10)11(14)15/h3-6,13H,2,7-8H2,1H3,(H,14,15). The van der Waals surface area contributed by atoms with Crippen LogP contribution in [0.15, 0.2) is 24.3 Å². The van der Waals surface area contributed by atoms with Gasteiger partial charge in [-0.2, -0.15) is 0 Å². The summed E-state index contributed by atoms with van der Waals surface area (Å²) in [6.45, 7) is 3.42. The molecule has 1 rings (SSSR count). The number of aliphatic hydroxyl groups excluding tert-OH is 1. The molecule has 4 heteroatoms. The Morgan fingerprint density at radius 3 is 2.33 bits per heavy atom. The first kappa shape index (κ1) is 11.5. The van der Waals surface area contributed by atoms with Crippen molar-refractivity contribution in [1.29, 1.82) is 0 Å². The number of hydrogen-bond donors (Lipinski definition) is 2. The van der Waals surface area contributed by atoms with Gasteiger partial charge in [-0.25, -0.2) is 4.79 Å². The molecule has 0 radical (unpaired) electrons. The fourth-order valence-electron chi connectivity index (χ4n) is 1.41. The molecule has 0 aromatic heterocycles. The van der Waals surface area contributed by atoms with E-state index in [1.54, 1.807) is 24.3 Å². The predicted octanol–water partition coefficient (Wildman–Crippen LogP) is 1.20. The molecule has 0 spiro atoms. The minimum Gasteiger partial charge on any atom is -0.478 e. The second-order valence-electron chi connectivity index (χ2n) is 3.16. The maximum Gasteiger partial charge on any atom is 0.335 e. The second kappa shape index (κ2) is 5.36. The number of likely N-dealkylation sites (N-methyl/N-ethyl adjacent to an activating group) is 1. The van der Waals surface area contributed by atoms with Gasteiger partial charge in [-0.05, 0) is 31.2 Å². The number of anilines is 1. The van der Waals surface area contributed by atoms with Crippen molar-refractivity contribution >= 4 is 11.7 Å². The highest BCUT2D eigenvalue weighted by molar-refractivity contribution is 5.88. The molecule has 0 saturated carbocycles. The Hall–Kier alpha value is -1.55. The molecular weight excluding hydrogens is 194 g/mol. The average Bonchev–Trinajstić information content (AvgIpc) is 2.26. The number of nitrogens with zero attached hydrogens (tertiary/aromatic N) is 1. The van der Waals surface area contributed by atoms with E-state index in [4.69, 9.17) is 10.2 Å². The molecule has 0 amide bonds. The summed E-state index contributed by atoms with van der Waals surface area (Å²) in [4.78, 5) is 12.6. The summed E-state index contributed by atoms with van der Waals surface area (Å²) in [5, 5.41) is 17.6. The maximum atomic E-state index is 10.6. The Labute approximate surface area is 88.8 Å². The van der Waals surface area contributed by atoms with Gasteiger partial charge < -0.3 is 15.1 Å². The van der Waals surface area contributed by atoms with Crippen molar-refractivity contribution in [3.63, 3.8) is 0 Å². The van der Waals surface area contributed by atoms with Crippen LogP contribution < -0.4 is 4.90 Å². The van der Waals surface area contributed by atoms with Crippen LogP contribution in [0.2, 0.25) is 0 Å². The highest BCUT2D eigenvalue weighted by Gasteiger charge is 2.05. The van der Waals surface area contributed by atoms with Crippen LogP contribution in [0.4, 0.5) is 5.69 Å². The molecule has 1 aromatic rings. The van der Waals surface area contributed by atoms with Crippen molar-refractivity contribution in [2.75, 3.05) is 24.6 Å². The SMILES string of the molecule is CCN(CCO)c1ccc(C(=O)O)cc1. The highest BCUT2D eigenvalue weighted by Crippen LogP contribution is 2.14. The molecule has 0 atom stereocenters. The predicted molar refractivity (Wildman–Crippen MR) is 58.4 cm³/mol.